The zero-order valence-electron chi connectivity index (χ0n) is 13.8. The molecule has 0 saturated carbocycles. The third-order valence-corrected chi connectivity index (χ3v) is 4.40. The van der Waals surface area contributed by atoms with E-state index in [2.05, 4.69) is 49.2 Å². The third kappa shape index (κ3) is 4.92. The van der Waals surface area contributed by atoms with Crippen molar-refractivity contribution in [3.05, 3.63) is 24.3 Å². The number of rotatable bonds is 7. The molecule has 1 heterocycles. The van der Waals surface area contributed by atoms with Crippen molar-refractivity contribution in [3.8, 4) is 5.75 Å². The van der Waals surface area contributed by atoms with E-state index in [0.717, 1.165) is 24.7 Å². The van der Waals surface area contributed by atoms with Gasteiger partial charge in [-0.25, -0.2) is 0 Å². The van der Waals surface area contributed by atoms with Crippen LogP contribution in [0.4, 0.5) is 5.69 Å². The summed E-state index contributed by atoms with van der Waals surface area (Å²) >= 11 is 0. The molecule has 2 unspecified atom stereocenters. The molecule has 0 radical (unpaired) electrons. The minimum Gasteiger partial charge on any atom is -0.494 e. The molecular formula is C18H30N2O. The lowest BCUT2D eigenvalue weighted by Crippen LogP contribution is -2.41. The molecule has 0 amide bonds. The fourth-order valence-electron chi connectivity index (χ4n) is 3.06. The van der Waals surface area contributed by atoms with E-state index < -0.39 is 0 Å². The molecule has 1 N–H and O–H groups in total. The van der Waals surface area contributed by atoms with E-state index in [0.29, 0.717) is 6.04 Å². The monoisotopic (exact) mass is 290 g/mol. The molecule has 1 aliphatic rings. The predicted molar refractivity (Wildman–Crippen MR) is 90.2 cm³/mol. The first-order valence-electron chi connectivity index (χ1n) is 8.44. The summed E-state index contributed by atoms with van der Waals surface area (Å²) in [7, 11) is 0. The van der Waals surface area contributed by atoms with Crippen LogP contribution >= 0.6 is 0 Å². The van der Waals surface area contributed by atoms with E-state index >= 15 is 0 Å². The number of ether oxygens (including phenoxy) is 1. The van der Waals surface area contributed by atoms with Gasteiger partial charge < -0.3 is 15.0 Å². The number of nitrogens with one attached hydrogen (secondary N) is 1. The zero-order chi connectivity index (χ0) is 15.1. The van der Waals surface area contributed by atoms with Crippen molar-refractivity contribution in [1.82, 2.24) is 4.90 Å². The van der Waals surface area contributed by atoms with Crippen molar-refractivity contribution in [2.45, 2.75) is 46.1 Å². The quantitative estimate of drug-likeness (QED) is 0.821. The summed E-state index contributed by atoms with van der Waals surface area (Å²) in [6.45, 7) is 11.1. The van der Waals surface area contributed by atoms with Gasteiger partial charge in [-0.1, -0.05) is 19.9 Å². The van der Waals surface area contributed by atoms with Gasteiger partial charge in [0.2, 0.25) is 0 Å². The lowest BCUT2D eigenvalue weighted by molar-refractivity contribution is 0.172. The number of anilines is 1. The van der Waals surface area contributed by atoms with Crippen LogP contribution in [-0.4, -0.2) is 37.2 Å². The number of benzene rings is 1. The molecule has 118 valence electrons. The first-order chi connectivity index (χ1) is 10.2. The van der Waals surface area contributed by atoms with Crippen LogP contribution in [-0.2, 0) is 0 Å². The molecule has 1 aromatic carbocycles. The van der Waals surface area contributed by atoms with E-state index in [1.165, 1.54) is 38.2 Å². The van der Waals surface area contributed by atoms with Crippen molar-refractivity contribution in [3.63, 3.8) is 0 Å². The van der Waals surface area contributed by atoms with Gasteiger partial charge in [0.15, 0.2) is 0 Å². The van der Waals surface area contributed by atoms with E-state index in [1.54, 1.807) is 0 Å². The molecule has 0 spiro atoms. The van der Waals surface area contributed by atoms with E-state index in [1.807, 2.05) is 6.07 Å². The van der Waals surface area contributed by atoms with E-state index in [9.17, 15) is 0 Å². The van der Waals surface area contributed by atoms with Gasteiger partial charge in [-0.05, 0) is 57.3 Å². The van der Waals surface area contributed by atoms with Crippen molar-refractivity contribution in [1.29, 1.82) is 0 Å². The van der Waals surface area contributed by atoms with Crippen molar-refractivity contribution in [2.24, 2.45) is 5.92 Å². The Morgan fingerprint density at radius 2 is 2.24 bits per heavy atom. The van der Waals surface area contributed by atoms with Gasteiger partial charge in [0.1, 0.15) is 5.75 Å². The van der Waals surface area contributed by atoms with Crippen molar-refractivity contribution in [2.75, 3.05) is 31.6 Å². The van der Waals surface area contributed by atoms with Crippen LogP contribution in [0.3, 0.4) is 0 Å². The van der Waals surface area contributed by atoms with Crippen LogP contribution in [0.15, 0.2) is 24.3 Å². The molecular weight excluding hydrogens is 260 g/mol. The summed E-state index contributed by atoms with van der Waals surface area (Å²) in [5, 5.41) is 3.67. The minimum atomic E-state index is 0.501. The largest absolute Gasteiger partial charge is 0.494 e. The Balaban J connectivity index is 1.90. The molecule has 0 aliphatic carbocycles. The highest BCUT2D eigenvalue weighted by Crippen LogP contribution is 2.24. The van der Waals surface area contributed by atoms with Crippen LogP contribution in [0.2, 0.25) is 0 Å². The van der Waals surface area contributed by atoms with Crippen molar-refractivity contribution < 1.29 is 4.74 Å². The lowest BCUT2D eigenvalue weighted by Gasteiger charge is -2.35. The maximum atomic E-state index is 5.71. The zero-order valence-corrected chi connectivity index (χ0v) is 13.8. The minimum absolute atomic E-state index is 0.501. The van der Waals surface area contributed by atoms with Gasteiger partial charge in [-0.15, -0.1) is 0 Å². The van der Waals surface area contributed by atoms with E-state index in [-0.39, 0.29) is 0 Å². The Bertz CT molecular complexity index is 421. The summed E-state index contributed by atoms with van der Waals surface area (Å²) in [6, 6.07) is 8.85. The second-order valence-corrected chi connectivity index (χ2v) is 6.10. The summed E-state index contributed by atoms with van der Waals surface area (Å²) in [6.07, 6.45) is 3.70. The molecule has 0 aromatic heterocycles. The maximum absolute atomic E-state index is 5.71. The van der Waals surface area contributed by atoms with Gasteiger partial charge >= 0.3 is 0 Å². The topological polar surface area (TPSA) is 24.5 Å². The molecule has 3 heteroatoms. The van der Waals surface area contributed by atoms with Crippen LogP contribution in [0.5, 0.6) is 5.75 Å². The normalized spacial score (nSPS) is 21.0. The Kier molecular flexibility index (Phi) is 6.37. The Morgan fingerprint density at radius 3 is 3.00 bits per heavy atom. The number of hydrogen-bond donors (Lipinski definition) is 1. The fourth-order valence-corrected chi connectivity index (χ4v) is 3.06. The molecule has 1 aliphatic heterocycles. The third-order valence-electron chi connectivity index (χ3n) is 4.40. The standard InChI is InChI=1S/C18H30N2O/c1-4-12-21-18-10-6-9-17(13-18)19-15(3)16-8-7-11-20(5-2)14-16/h6,9-10,13,15-16,19H,4-5,7-8,11-12,14H2,1-3H3. The second kappa shape index (κ2) is 8.28. The number of likely N-dealkylation sites (tertiary alicyclic amines) is 1. The smallest absolute Gasteiger partial charge is 0.121 e. The Labute approximate surface area is 129 Å². The molecule has 21 heavy (non-hydrogen) atoms. The maximum Gasteiger partial charge on any atom is 0.121 e. The molecule has 2 rings (SSSR count). The van der Waals surface area contributed by atoms with Gasteiger partial charge in [-0.2, -0.15) is 0 Å². The Hall–Kier alpha value is -1.22. The molecule has 1 saturated heterocycles. The molecule has 3 nitrogen and oxygen atoms in total. The predicted octanol–water partition coefficient (Wildman–Crippen LogP) is 4.01. The van der Waals surface area contributed by atoms with Crippen LogP contribution in [0.25, 0.3) is 0 Å². The second-order valence-electron chi connectivity index (χ2n) is 6.10. The number of hydrogen-bond acceptors (Lipinski definition) is 3. The van der Waals surface area contributed by atoms with Gasteiger partial charge in [0.25, 0.3) is 0 Å². The first kappa shape index (κ1) is 16.2. The summed E-state index contributed by atoms with van der Waals surface area (Å²) in [5.41, 5.74) is 1.17. The summed E-state index contributed by atoms with van der Waals surface area (Å²) < 4.78 is 5.71. The SMILES string of the molecule is CCCOc1cccc(NC(C)C2CCCN(CC)C2)c1. The fraction of sp³-hybridized carbons (Fsp3) is 0.667. The highest BCUT2D eigenvalue weighted by Gasteiger charge is 2.23. The van der Waals surface area contributed by atoms with Crippen molar-refractivity contribution >= 4 is 5.69 Å². The molecule has 1 aromatic rings. The Morgan fingerprint density at radius 1 is 1.38 bits per heavy atom. The lowest BCUT2D eigenvalue weighted by atomic mass is 9.91. The average Bonchev–Trinajstić information content (AvgIpc) is 2.53. The highest BCUT2D eigenvalue weighted by atomic mass is 16.5. The molecule has 0 bridgehead atoms. The number of nitrogens with zero attached hydrogens (tertiary/aromatic N) is 1. The van der Waals surface area contributed by atoms with Crippen LogP contribution < -0.4 is 10.1 Å². The summed E-state index contributed by atoms with van der Waals surface area (Å²) in [5.74, 6) is 1.70. The number of piperidine rings is 1. The van der Waals surface area contributed by atoms with Gasteiger partial charge in [0, 0.05) is 24.3 Å². The van der Waals surface area contributed by atoms with Crippen LogP contribution in [0.1, 0.15) is 40.0 Å². The van der Waals surface area contributed by atoms with Gasteiger partial charge in [-0.3, -0.25) is 0 Å². The molecule has 1 fully saturated rings. The first-order valence-corrected chi connectivity index (χ1v) is 8.44. The average molecular weight is 290 g/mol. The molecule has 2 atom stereocenters. The highest BCUT2D eigenvalue weighted by molar-refractivity contribution is 5.48. The van der Waals surface area contributed by atoms with Gasteiger partial charge in [0.05, 0.1) is 6.61 Å². The van der Waals surface area contributed by atoms with E-state index in [4.69, 9.17) is 4.74 Å². The summed E-state index contributed by atoms with van der Waals surface area (Å²) in [4.78, 5) is 2.56. The van der Waals surface area contributed by atoms with Crippen LogP contribution in [0, 0.1) is 5.92 Å².